The van der Waals surface area contributed by atoms with Crippen LogP contribution in [0.2, 0.25) is 0 Å². The SMILES string of the molecule is OC(c1cc(F)ccc1F)C1CCCCCCC1. The van der Waals surface area contributed by atoms with Crippen molar-refractivity contribution in [1.82, 2.24) is 0 Å². The van der Waals surface area contributed by atoms with Gasteiger partial charge in [0.2, 0.25) is 0 Å². The monoisotopic (exact) mass is 254 g/mol. The summed E-state index contributed by atoms with van der Waals surface area (Å²) >= 11 is 0. The Morgan fingerprint density at radius 2 is 1.61 bits per heavy atom. The Morgan fingerprint density at radius 3 is 2.28 bits per heavy atom. The van der Waals surface area contributed by atoms with Crippen LogP contribution < -0.4 is 0 Å². The minimum absolute atomic E-state index is 0.0570. The van der Waals surface area contributed by atoms with Crippen LogP contribution in [0.15, 0.2) is 18.2 Å². The summed E-state index contributed by atoms with van der Waals surface area (Å²) < 4.78 is 26.8. The van der Waals surface area contributed by atoms with Crippen molar-refractivity contribution < 1.29 is 13.9 Å². The number of hydrogen-bond donors (Lipinski definition) is 1. The first-order valence-electron chi connectivity index (χ1n) is 6.81. The van der Waals surface area contributed by atoms with Gasteiger partial charge >= 0.3 is 0 Å². The lowest BCUT2D eigenvalue weighted by Gasteiger charge is -2.25. The first kappa shape index (κ1) is 13.5. The topological polar surface area (TPSA) is 20.2 Å². The molecule has 1 aliphatic rings. The van der Waals surface area contributed by atoms with Gasteiger partial charge in [0.15, 0.2) is 0 Å². The Bertz CT molecular complexity index is 384. The van der Waals surface area contributed by atoms with E-state index >= 15 is 0 Å². The van der Waals surface area contributed by atoms with Crippen LogP contribution in [-0.2, 0) is 0 Å². The van der Waals surface area contributed by atoms with E-state index in [1.165, 1.54) is 19.3 Å². The van der Waals surface area contributed by atoms with Crippen LogP contribution in [0.3, 0.4) is 0 Å². The van der Waals surface area contributed by atoms with Crippen LogP contribution in [0.5, 0.6) is 0 Å². The molecule has 1 saturated carbocycles. The summed E-state index contributed by atoms with van der Waals surface area (Å²) in [6, 6.07) is 3.30. The summed E-state index contributed by atoms with van der Waals surface area (Å²) in [4.78, 5) is 0. The fourth-order valence-electron chi connectivity index (χ4n) is 2.80. The van der Waals surface area contributed by atoms with Crippen molar-refractivity contribution in [2.24, 2.45) is 5.92 Å². The van der Waals surface area contributed by atoms with E-state index in [4.69, 9.17) is 0 Å². The lowest BCUT2D eigenvalue weighted by Crippen LogP contribution is -2.15. The molecule has 0 radical (unpaired) electrons. The predicted octanol–water partition coefficient (Wildman–Crippen LogP) is 4.36. The molecule has 0 bridgehead atoms. The number of aliphatic hydroxyl groups excluding tert-OH is 1. The third-order valence-electron chi connectivity index (χ3n) is 3.87. The van der Waals surface area contributed by atoms with Gasteiger partial charge in [-0.05, 0) is 37.0 Å². The predicted molar refractivity (Wildman–Crippen MR) is 67.1 cm³/mol. The molecule has 18 heavy (non-hydrogen) atoms. The van der Waals surface area contributed by atoms with Crippen LogP contribution in [0.1, 0.15) is 56.6 Å². The Labute approximate surface area is 107 Å². The van der Waals surface area contributed by atoms with E-state index < -0.39 is 17.7 Å². The number of halogens is 2. The van der Waals surface area contributed by atoms with E-state index in [1.54, 1.807) is 0 Å². The minimum atomic E-state index is -0.876. The standard InChI is InChI=1S/C15H20F2O/c16-12-8-9-14(17)13(10-12)15(18)11-6-4-2-1-3-5-7-11/h8-11,15,18H,1-7H2. The zero-order chi connectivity index (χ0) is 13.0. The Kier molecular flexibility index (Phi) is 4.70. The first-order valence-corrected chi connectivity index (χ1v) is 6.81. The highest BCUT2D eigenvalue weighted by Gasteiger charge is 2.24. The zero-order valence-electron chi connectivity index (χ0n) is 10.5. The van der Waals surface area contributed by atoms with Gasteiger partial charge in [0.05, 0.1) is 6.10 Å². The minimum Gasteiger partial charge on any atom is -0.388 e. The quantitative estimate of drug-likeness (QED) is 0.831. The van der Waals surface area contributed by atoms with Gasteiger partial charge in [-0.3, -0.25) is 0 Å². The second-order valence-corrected chi connectivity index (χ2v) is 5.22. The van der Waals surface area contributed by atoms with Crippen molar-refractivity contribution in [3.63, 3.8) is 0 Å². The molecule has 2 rings (SSSR count). The van der Waals surface area contributed by atoms with Crippen molar-refractivity contribution in [1.29, 1.82) is 0 Å². The summed E-state index contributed by atoms with van der Waals surface area (Å²) in [7, 11) is 0. The normalized spacial score (nSPS) is 20.2. The average molecular weight is 254 g/mol. The largest absolute Gasteiger partial charge is 0.388 e. The summed E-state index contributed by atoms with van der Waals surface area (Å²) in [5.41, 5.74) is 0.112. The van der Waals surface area contributed by atoms with E-state index in [-0.39, 0.29) is 11.5 Å². The first-order chi connectivity index (χ1) is 8.68. The molecule has 100 valence electrons. The highest BCUT2D eigenvalue weighted by Crippen LogP contribution is 2.34. The fraction of sp³-hybridized carbons (Fsp3) is 0.600. The number of rotatable bonds is 2. The number of hydrogen-bond acceptors (Lipinski definition) is 1. The molecule has 1 atom stereocenters. The molecule has 1 fully saturated rings. The Balaban J connectivity index is 2.12. The van der Waals surface area contributed by atoms with Gasteiger partial charge in [0.1, 0.15) is 11.6 Å². The smallest absolute Gasteiger partial charge is 0.129 e. The molecule has 0 spiro atoms. The molecule has 0 aliphatic heterocycles. The highest BCUT2D eigenvalue weighted by atomic mass is 19.1. The summed E-state index contributed by atoms with van der Waals surface area (Å²) in [5, 5.41) is 10.3. The third-order valence-corrected chi connectivity index (χ3v) is 3.87. The van der Waals surface area contributed by atoms with Crippen molar-refractivity contribution >= 4 is 0 Å². The van der Waals surface area contributed by atoms with Gasteiger partial charge < -0.3 is 5.11 Å². The van der Waals surface area contributed by atoms with Gasteiger partial charge in [-0.25, -0.2) is 8.78 Å². The van der Waals surface area contributed by atoms with Gasteiger partial charge in [0.25, 0.3) is 0 Å². The molecule has 1 nitrogen and oxygen atoms in total. The molecule has 0 aromatic heterocycles. The van der Waals surface area contributed by atoms with Crippen LogP contribution in [0.25, 0.3) is 0 Å². The van der Waals surface area contributed by atoms with Crippen LogP contribution in [0.4, 0.5) is 8.78 Å². The average Bonchev–Trinajstić information content (AvgIpc) is 2.31. The van der Waals surface area contributed by atoms with Crippen molar-refractivity contribution in [3.05, 3.63) is 35.4 Å². The maximum Gasteiger partial charge on any atom is 0.129 e. The van der Waals surface area contributed by atoms with Crippen LogP contribution in [-0.4, -0.2) is 5.11 Å². The molecule has 0 heterocycles. The fourth-order valence-corrected chi connectivity index (χ4v) is 2.80. The summed E-state index contributed by atoms with van der Waals surface area (Å²) in [6.45, 7) is 0. The van der Waals surface area contributed by atoms with Crippen LogP contribution >= 0.6 is 0 Å². The van der Waals surface area contributed by atoms with Gasteiger partial charge in [0, 0.05) is 5.56 Å². The second-order valence-electron chi connectivity index (χ2n) is 5.22. The van der Waals surface area contributed by atoms with Crippen LogP contribution in [0, 0.1) is 17.6 Å². The lowest BCUT2D eigenvalue weighted by atomic mass is 9.84. The molecule has 1 unspecified atom stereocenters. The Morgan fingerprint density at radius 1 is 1.00 bits per heavy atom. The van der Waals surface area contributed by atoms with E-state index in [1.807, 2.05) is 0 Å². The van der Waals surface area contributed by atoms with E-state index in [9.17, 15) is 13.9 Å². The van der Waals surface area contributed by atoms with Crippen molar-refractivity contribution in [2.45, 2.75) is 51.0 Å². The molecule has 1 aromatic rings. The molecule has 1 aromatic carbocycles. The van der Waals surface area contributed by atoms with Gasteiger partial charge in [-0.2, -0.15) is 0 Å². The number of aliphatic hydroxyl groups is 1. The molecule has 0 amide bonds. The Hall–Kier alpha value is -0.960. The summed E-state index contributed by atoms with van der Waals surface area (Å²) in [6.07, 6.45) is 6.66. The van der Waals surface area contributed by atoms with Gasteiger partial charge in [-0.15, -0.1) is 0 Å². The van der Waals surface area contributed by atoms with Crippen molar-refractivity contribution in [2.75, 3.05) is 0 Å². The molecule has 1 aliphatic carbocycles. The molecule has 1 N–H and O–H groups in total. The maximum atomic E-state index is 13.6. The van der Waals surface area contributed by atoms with Crippen molar-refractivity contribution in [3.8, 4) is 0 Å². The van der Waals surface area contributed by atoms with E-state index in [2.05, 4.69) is 0 Å². The molecular weight excluding hydrogens is 234 g/mol. The molecular formula is C15H20F2O. The number of benzene rings is 1. The van der Waals surface area contributed by atoms with E-state index in [0.29, 0.717) is 0 Å². The highest BCUT2D eigenvalue weighted by molar-refractivity contribution is 5.21. The molecule has 0 saturated heterocycles. The second kappa shape index (κ2) is 6.28. The molecule has 3 heteroatoms. The van der Waals surface area contributed by atoms with E-state index in [0.717, 1.165) is 43.9 Å². The zero-order valence-corrected chi connectivity index (χ0v) is 10.5. The maximum absolute atomic E-state index is 13.6. The summed E-state index contributed by atoms with van der Waals surface area (Å²) in [5.74, 6) is -0.941. The van der Waals surface area contributed by atoms with Gasteiger partial charge in [-0.1, -0.05) is 32.1 Å². The lowest BCUT2D eigenvalue weighted by molar-refractivity contribution is 0.0876. The third kappa shape index (κ3) is 3.29.